The molecule has 1 aliphatic rings. The quantitative estimate of drug-likeness (QED) is 0.679. The second kappa shape index (κ2) is 11.5. The van der Waals surface area contributed by atoms with Gasteiger partial charge in [-0.25, -0.2) is 0 Å². The normalized spacial score (nSPS) is 16.6. The SMILES string of the molecule is CCN(CC(=O)O)C1CCN(CC(=O)NC(C)c2ccc(Cl)cc2)CC1.Cl. The molecule has 2 N–H and O–H groups in total. The van der Waals surface area contributed by atoms with E-state index in [9.17, 15) is 9.59 Å². The molecule has 0 bridgehead atoms. The lowest BCUT2D eigenvalue weighted by atomic mass is 10.0. The van der Waals surface area contributed by atoms with E-state index in [1.807, 2.05) is 43.0 Å². The van der Waals surface area contributed by atoms with Gasteiger partial charge in [0.2, 0.25) is 5.91 Å². The Labute approximate surface area is 172 Å². The number of benzene rings is 1. The Morgan fingerprint density at radius 3 is 2.41 bits per heavy atom. The Balaban J connectivity index is 0.00000364. The van der Waals surface area contributed by atoms with Gasteiger partial charge in [-0.2, -0.15) is 0 Å². The summed E-state index contributed by atoms with van der Waals surface area (Å²) >= 11 is 5.89. The molecule has 1 unspecified atom stereocenters. The number of carbonyl (C=O) groups is 2. The van der Waals surface area contributed by atoms with Crippen LogP contribution in [0.25, 0.3) is 0 Å². The van der Waals surface area contributed by atoms with Crippen LogP contribution in [0.15, 0.2) is 24.3 Å². The Morgan fingerprint density at radius 1 is 1.30 bits per heavy atom. The van der Waals surface area contributed by atoms with Crippen molar-refractivity contribution in [2.45, 2.75) is 38.8 Å². The molecule has 0 radical (unpaired) electrons. The molecule has 1 saturated heterocycles. The molecule has 1 fully saturated rings. The molecule has 1 aromatic rings. The number of rotatable bonds is 8. The molecule has 1 atom stereocenters. The number of carboxylic acids is 1. The van der Waals surface area contributed by atoms with Crippen molar-refractivity contribution in [3.8, 4) is 0 Å². The van der Waals surface area contributed by atoms with Crippen LogP contribution >= 0.6 is 24.0 Å². The molecule has 1 aromatic carbocycles. The fraction of sp³-hybridized carbons (Fsp3) is 0.579. The van der Waals surface area contributed by atoms with E-state index in [0.717, 1.165) is 38.0 Å². The number of likely N-dealkylation sites (N-methyl/N-ethyl adjacent to an activating group) is 1. The van der Waals surface area contributed by atoms with Crippen LogP contribution in [0.5, 0.6) is 0 Å². The molecule has 0 spiro atoms. The van der Waals surface area contributed by atoms with Gasteiger partial charge in [0.15, 0.2) is 0 Å². The summed E-state index contributed by atoms with van der Waals surface area (Å²) in [6.07, 6.45) is 1.78. The summed E-state index contributed by atoms with van der Waals surface area (Å²) in [6, 6.07) is 7.69. The highest BCUT2D eigenvalue weighted by Crippen LogP contribution is 2.18. The maximum atomic E-state index is 12.3. The standard InChI is InChI=1S/C19H28ClN3O3.ClH/c1-3-23(13-19(25)26)17-8-10-22(11-9-17)12-18(24)21-14(2)15-4-6-16(20)7-5-15;/h4-7,14,17H,3,8-13H2,1-2H3,(H,21,24)(H,25,26);1H. The van der Waals surface area contributed by atoms with Crippen molar-refractivity contribution in [2.75, 3.05) is 32.7 Å². The van der Waals surface area contributed by atoms with Crippen molar-refractivity contribution in [1.29, 1.82) is 0 Å². The van der Waals surface area contributed by atoms with Gasteiger partial charge in [-0.1, -0.05) is 30.7 Å². The zero-order valence-electron chi connectivity index (χ0n) is 15.9. The van der Waals surface area contributed by atoms with Crippen molar-refractivity contribution in [1.82, 2.24) is 15.1 Å². The molecule has 1 heterocycles. The number of amides is 1. The topological polar surface area (TPSA) is 72.9 Å². The van der Waals surface area contributed by atoms with E-state index < -0.39 is 5.97 Å². The summed E-state index contributed by atoms with van der Waals surface area (Å²) in [5.74, 6) is -0.784. The van der Waals surface area contributed by atoms with E-state index in [-0.39, 0.29) is 36.9 Å². The first-order valence-electron chi connectivity index (χ1n) is 9.12. The number of hydrogen-bond donors (Lipinski definition) is 2. The summed E-state index contributed by atoms with van der Waals surface area (Å²) < 4.78 is 0. The van der Waals surface area contributed by atoms with Crippen LogP contribution in [-0.2, 0) is 9.59 Å². The second-order valence-corrected chi connectivity index (χ2v) is 7.24. The minimum absolute atomic E-state index is 0. The Kier molecular flexibility index (Phi) is 10.1. The molecule has 0 aliphatic carbocycles. The fourth-order valence-corrected chi connectivity index (χ4v) is 3.57. The molecule has 8 heteroatoms. The van der Waals surface area contributed by atoms with E-state index in [2.05, 4.69) is 10.2 Å². The lowest BCUT2D eigenvalue weighted by Gasteiger charge is -2.37. The monoisotopic (exact) mass is 417 g/mol. The Bertz CT molecular complexity index is 605. The number of hydrogen-bond acceptors (Lipinski definition) is 4. The zero-order valence-corrected chi connectivity index (χ0v) is 17.4. The Hall–Kier alpha value is -1.34. The molecular formula is C19H29Cl2N3O3. The predicted octanol–water partition coefficient (Wildman–Crippen LogP) is 2.81. The van der Waals surface area contributed by atoms with Gasteiger partial charge in [-0.3, -0.25) is 19.4 Å². The summed E-state index contributed by atoms with van der Waals surface area (Å²) in [6.45, 7) is 6.75. The van der Waals surface area contributed by atoms with E-state index in [0.29, 0.717) is 11.6 Å². The average Bonchev–Trinajstić information content (AvgIpc) is 2.60. The van der Waals surface area contributed by atoms with Crippen molar-refractivity contribution in [3.05, 3.63) is 34.9 Å². The minimum atomic E-state index is -0.787. The van der Waals surface area contributed by atoms with Gasteiger partial charge in [-0.05, 0) is 44.0 Å². The summed E-state index contributed by atoms with van der Waals surface area (Å²) in [7, 11) is 0. The summed E-state index contributed by atoms with van der Waals surface area (Å²) in [4.78, 5) is 27.4. The third kappa shape index (κ3) is 7.66. The van der Waals surface area contributed by atoms with Crippen LogP contribution in [-0.4, -0.2) is 65.5 Å². The first-order chi connectivity index (χ1) is 12.4. The largest absolute Gasteiger partial charge is 0.480 e. The van der Waals surface area contributed by atoms with E-state index in [1.54, 1.807) is 0 Å². The van der Waals surface area contributed by atoms with Gasteiger partial charge in [0, 0.05) is 24.2 Å². The number of carboxylic acid groups (broad SMARTS) is 1. The molecule has 152 valence electrons. The number of likely N-dealkylation sites (tertiary alicyclic amines) is 1. The molecule has 0 aromatic heterocycles. The molecule has 1 aliphatic heterocycles. The number of nitrogens with zero attached hydrogens (tertiary/aromatic N) is 2. The molecule has 6 nitrogen and oxygen atoms in total. The Morgan fingerprint density at radius 2 is 1.89 bits per heavy atom. The van der Waals surface area contributed by atoms with Crippen LogP contribution in [0.3, 0.4) is 0 Å². The number of halogens is 2. The van der Waals surface area contributed by atoms with Crippen LogP contribution in [0, 0.1) is 0 Å². The lowest BCUT2D eigenvalue weighted by molar-refractivity contribution is -0.139. The first-order valence-corrected chi connectivity index (χ1v) is 9.49. The van der Waals surface area contributed by atoms with E-state index in [1.165, 1.54) is 0 Å². The third-order valence-corrected chi connectivity index (χ3v) is 5.18. The highest BCUT2D eigenvalue weighted by molar-refractivity contribution is 6.30. The van der Waals surface area contributed by atoms with Gasteiger partial charge in [0.25, 0.3) is 0 Å². The van der Waals surface area contributed by atoms with Crippen molar-refractivity contribution in [3.63, 3.8) is 0 Å². The van der Waals surface area contributed by atoms with Crippen LogP contribution in [0.4, 0.5) is 0 Å². The summed E-state index contributed by atoms with van der Waals surface area (Å²) in [5, 5.41) is 12.7. The zero-order chi connectivity index (χ0) is 19.1. The van der Waals surface area contributed by atoms with Gasteiger partial charge in [-0.15, -0.1) is 12.4 Å². The molecule has 0 saturated carbocycles. The number of nitrogens with one attached hydrogen (secondary N) is 1. The second-order valence-electron chi connectivity index (χ2n) is 6.80. The predicted molar refractivity (Wildman–Crippen MR) is 110 cm³/mol. The highest BCUT2D eigenvalue weighted by atomic mass is 35.5. The van der Waals surface area contributed by atoms with E-state index >= 15 is 0 Å². The molecule has 2 rings (SSSR count). The lowest BCUT2D eigenvalue weighted by Crippen LogP contribution is -2.48. The highest BCUT2D eigenvalue weighted by Gasteiger charge is 2.26. The first kappa shape index (κ1) is 23.7. The van der Waals surface area contributed by atoms with Crippen molar-refractivity contribution in [2.24, 2.45) is 0 Å². The van der Waals surface area contributed by atoms with Gasteiger partial charge >= 0.3 is 5.97 Å². The van der Waals surface area contributed by atoms with Crippen molar-refractivity contribution >= 4 is 35.9 Å². The fourth-order valence-electron chi connectivity index (χ4n) is 3.44. The van der Waals surface area contributed by atoms with Crippen LogP contribution in [0.2, 0.25) is 5.02 Å². The van der Waals surface area contributed by atoms with Crippen molar-refractivity contribution < 1.29 is 14.7 Å². The van der Waals surface area contributed by atoms with Crippen LogP contribution in [0.1, 0.15) is 38.3 Å². The minimum Gasteiger partial charge on any atom is -0.480 e. The molecule has 27 heavy (non-hydrogen) atoms. The summed E-state index contributed by atoms with van der Waals surface area (Å²) in [5.41, 5.74) is 1.02. The van der Waals surface area contributed by atoms with Gasteiger partial charge in [0.1, 0.15) is 0 Å². The number of aliphatic carboxylic acids is 1. The number of carbonyl (C=O) groups excluding carboxylic acids is 1. The molecular weight excluding hydrogens is 389 g/mol. The maximum absolute atomic E-state index is 12.3. The molecule has 1 amide bonds. The van der Waals surface area contributed by atoms with E-state index in [4.69, 9.17) is 16.7 Å². The van der Waals surface area contributed by atoms with Gasteiger partial charge in [0.05, 0.1) is 19.1 Å². The third-order valence-electron chi connectivity index (χ3n) is 4.93. The maximum Gasteiger partial charge on any atom is 0.317 e. The number of piperidine rings is 1. The smallest absolute Gasteiger partial charge is 0.317 e. The average molecular weight is 418 g/mol. The van der Waals surface area contributed by atoms with Gasteiger partial charge < -0.3 is 10.4 Å². The van der Waals surface area contributed by atoms with Crippen LogP contribution < -0.4 is 5.32 Å².